The number of carbonyl (C=O) groups is 1. The lowest BCUT2D eigenvalue weighted by Gasteiger charge is -2.33. The molecule has 0 radical (unpaired) electrons. The molecular weight excluding hydrogens is 626 g/mol. The number of likely N-dealkylation sites (N-methyl/N-ethyl adjacent to an activating group) is 1. The highest BCUT2D eigenvalue weighted by atomic mass is 19.3. The number of likely N-dealkylation sites (tertiary alicyclic amines) is 1. The Bertz CT molecular complexity index is 1870. The van der Waals surface area contributed by atoms with Gasteiger partial charge in [0.15, 0.2) is 5.82 Å². The molecule has 0 N–H and O–H groups in total. The molecule has 13 heteroatoms. The lowest BCUT2D eigenvalue weighted by atomic mass is 9.93. The minimum Gasteiger partial charge on any atom is -0.462 e. The van der Waals surface area contributed by atoms with Crippen molar-refractivity contribution in [1.82, 2.24) is 24.8 Å². The van der Waals surface area contributed by atoms with Gasteiger partial charge in [0.25, 0.3) is 11.8 Å². The molecule has 4 heterocycles. The zero-order valence-corrected chi connectivity index (χ0v) is 26.9. The van der Waals surface area contributed by atoms with Crippen molar-refractivity contribution in [1.29, 1.82) is 5.26 Å². The zero-order chi connectivity index (χ0) is 34.6. The maximum absolute atomic E-state index is 16.6. The van der Waals surface area contributed by atoms with Gasteiger partial charge < -0.3 is 14.5 Å². The van der Waals surface area contributed by atoms with E-state index in [9.17, 15) is 23.2 Å². The predicted octanol–water partition coefficient (Wildman–Crippen LogP) is 6.21. The van der Waals surface area contributed by atoms with E-state index in [-0.39, 0.29) is 54.5 Å². The minimum atomic E-state index is -2.87. The molecule has 5 rings (SSSR count). The fourth-order valence-electron chi connectivity index (χ4n) is 6.01. The number of hydrogen-bond donors (Lipinski definition) is 0. The molecule has 2 aromatic heterocycles. The number of aryl methyl sites for hydroxylation is 1. The van der Waals surface area contributed by atoms with Gasteiger partial charge in [-0.15, -0.1) is 0 Å². The van der Waals surface area contributed by atoms with E-state index in [1.807, 2.05) is 50.3 Å². The van der Waals surface area contributed by atoms with Crippen molar-refractivity contribution in [3.05, 3.63) is 89.3 Å². The summed E-state index contributed by atoms with van der Waals surface area (Å²) in [5.74, 6) is -3.97. The summed E-state index contributed by atoms with van der Waals surface area (Å²) in [4.78, 5) is 30.6. The van der Waals surface area contributed by atoms with E-state index in [0.29, 0.717) is 16.8 Å². The van der Waals surface area contributed by atoms with Gasteiger partial charge in [0.2, 0.25) is 0 Å². The number of hydrogen-bond acceptors (Lipinski definition) is 8. The van der Waals surface area contributed by atoms with Gasteiger partial charge in [-0.05, 0) is 43.7 Å². The van der Waals surface area contributed by atoms with Crippen LogP contribution in [0.5, 0.6) is 6.01 Å². The molecule has 0 bridgehead atoms. The van der Waals surface area contributed by atoms with Crippen LogP contribution in [-0.2, 0) is 4.79 Å². The van der Waals surface area contributed by atoms with Crippen molar-refractivity contribution in [3.63, 3.8) is 0 Å². The number of aromatic nitrogens is 3. The van der Waals surface area contributed by atoms with E-state index in [2.05, 4.69) is 21.5 Å². The Kier molecular flexibility index (Phi) is 10.2. The third kappa shape index (κ3) is 7.08. The molecule has 3 aromatic rings. The van der Waals surface area contributed by atoms with Gasteiger partial charge in [-0.1, -0.05) is 36.9 Å². The first-order valence-corrected chi connectivity index (χ1v) is 15.3. The Hall–Kier alpha value is -5.09. The van der Waals surface area contributed by atoms with Crippen LogP contribution >= 0.6 is 0 Å². The monoisotopic (exact) mass is 661 g/mol. The van der Waals surface area contributed by atoms with Gasteiger partial charge in [-0.2, -0.15) is 15.2 Å². The molecule has 0 spiro atoms. The largest absolute Gasteiger partial charge is 0.462 e. The Morgan fingerprint density at radius 3 is 2.75 bits per heavy atom. The van der Waals surface area contributed by atoms with Crippen LogP contribution in [0.15, 0.2) is 61.1 Å². The van der Waals surface area contributed by atoms with Gasteiger partial charge in [0, 0.05) is 49.6 Å². The Balaban J connectivity index is 1.61. The second-order valence-electron chi connectivity index (χ2n) is 11.7. The molecule has 1 atom stereocenters. The number of nitrogens with zero attached hydrogens (tertiary/aromatic N) is 7. The third-order valence-corrected chi connectivity index (χ3v) is 8.29. The fraction of sp³-hybridized carbons (Fsp3) is 0.343. The number of nitriles is 1. The number of carbonyl (C=O) groups excluding carboxylic acids is 1. The number of alkyl halides is 3. The average molecular weight is 662 g/mol. The number of ether oxygens (including phenoxy) is 1. The van der Waals surface area contributed by atoms with Crippen molar-refractivity contribution >= 4 is 34.3 Å². The quantitative estimate of drug-likeness (QED) is 0.187. The molecule has 9 nitrogen and oxygen atoms in total. The van der Waals surface area contributed by atoms with E-state index in [1.54, 1.807) is 11.9 Å². The summed E-state index contributed by atoms with van der Waals surface area (Å²) < 4.78 is 63.3. The van der Waals surface area contributed by atoms with Crippen molar-refractivity contribution < 1.29 is 27.1 Å². The second-order valence-corrected chi connectivity index (χ2v) is 11.7. The van der Waals surface area contributed by atoms with Gasteiger partial charge in [0.1, 0.15) is 30.3 Å². The SMILES string of the molecule is C=C(c1ncc2c(N3C=C(CC#N)N(C(=O)/C=C/CF)CC3)nc(OC[C@@H]3CC(F)(F)CN3C)nc2c1F)c1c(C)cccc1/C=C\C. The van der Waals surface area contributed by atoms with Crippen molar-refractivity contribution in [2.45, 2.75) is 38.7 Å². The first-order valence-electron chi connectivity index (χ1n) is 15.3. The Labute approximate surface area is 276 Å². The lowest BCUT2D eigenvalue weighted by Crippen LogP contribution is -2.41. The molecule has 0 aliphatic carbocycles. The maximum Gasteiger partial charge on any atom is 0.319 e. The number of pyridine rings is 1. The first kappa shape index (κ1) is 34.3. The summed E-state index contributed by atoms with van der Waals surface area (Å²) in [7, 11) is 1.57. The smallest absolute Gasteiger partial charge is 0.319 e. The van der Waals surface area contributed by atoms with Crippen molar-refractivity contribution in [2.24, 2.45) is 0 Å². The summed E-state index contributed by atoms with van der Waals surface area (Å²) in [6.07, 6.45) is 8.34. The second kappa shape index (κ2) is 14.4. The van der Waals surface area contributed by atoms with Crippen LogP contribution in [0.3, 0.4) is 0 Å². The van der Waals surface area contributed by atoms with Gasteiger partial charge in [-0.25, -0.2) is 17.6 Å². The molecule has 1 fully saturated rings. The van der Waals surface area contributed by atoms with Crippen LogP contribution in [0.4, 0.5) is 23.4 Å². The standard InChI is InChI=1S/C35H35F4N7O2/c1-5-8-24-10-6-9-22(2)29(24)23(3)31-30(37)32-27(18-41-31)33(43-34(42-32)48-20-26-17-35(38,39)21-44(26)4)45-15-16-46(25(19-45)12-14-40)28(47)11-7-13-36/h5-11,18-19,26H,3,12-13,15-17,20-21H2,1-2,4H3/b8-5-,11-7+/t26-/m0/s1. The van der Waals surface area contributed by atoms with Crippen molar-refractivity contribution in [3.8, 4) is 12.1 Å². The Morgan fingerprint density at radius 1 is 1.27 bits per heavy atom. The molecule has 0 unspecified atom stereocenters. The summed E-state index contributed by atoms with van der Waals surface area (Å²) in [6.45, 7) is 6.83. The average Bonchev–Trinajstić information content (AvgIpc) is 3.33. The van der Waals surface area contributed by atoms with Crippen molar-refractivity contribution in [2.75, 3.05) is 44.9 Å². The van der Waals surface area contributed by atoms with E-state index in [1.165, 1.54) is 22.2 Å². The molecule has 1 saturated heterocycles. The number of amides is 1. The minimum absolute atomic E-state index is 0.0379. The molecule has 2 aliphatic rings. The summed E-state index contributed by atoms with van der Waals surface area (Å²) in [5.41, 5.74) is 2.89. The topological polar surface area (TPSA) is 98.5 Å². The zero-order valence-electron chi connectivity index (χ0n) is 26.9. The van der Waals surface area contributed by atoms with E-state index in [0.717, 1.165) is 23.3 Å². The van der Waals surface area contributed by atoms with Crippen LogP contribution in [-0.4, -0.2) is 82.6 Å². The Morgan fingerprint density at radius 2 is 2.06 bits per heavy atom. The molecular formula is C35H35F4N7O2. The molecule has 0 saturated carbocycles. The predicted molar refractivity (Wildman–Crippen MR) is 175 cm³/mol. The van der Waals surface area contributed by atoms with Crippen LogP contribution in [0.2, 0.25) is 0 Å². The first-order chi connectivity index (χ1) is 23.0. The van der Waals surface area contributed by atoms with Crippen LogP contribution in [0, 0.1) is 24.1 Å². The van der Waals surface area contributed by atoms with Gasteiger partial charge in [-0.3, -0.25) is 14.7 Å². The number of anilines is 1. The summed E-state index contributed by atoms with van der Waals surface area (Å²) in [5, 5.41) is 9.70. The van der Waals surface area contributed by atoms with Gasteiger partial charge >= 0.3 is 6.01 Å². The molecule has 1 amide bonds. The van der Waals surface area contributed by atoms with Crippen LogP contribution in [0.1, 0.15) is 42.1 Å². The highest BCUT2D eigenvalue weighted by Crippen LogP contribution is 2.36. The van der Waals surface area contributed by atoms with Crippen LogP contribution < -0.4 is 9.64 Å². The van der Waals surface area contributed by atoms with E-state index in [4.69, 9.17) is 4.74 Å². The van der Waals surface area contributed by atoms with E-state index >= 15 is 4.39 Å². The highest BCUT2D eigenvalue weighted by Gasteiger charge is 2.43. The number of allylic oxidation sites excluding steroid dienone is 3. The highest BCUT2D eigenvalue weighted by molar-refractivity contribution is 5.94. The number of fused-ring (bicyclic) bond motifs is 1. The van der Waals surface area contributed by atoms with Crippen LogP contribution in [0.25, 0.3) is 22.6 Å². The molecule has 250 valence electrons. The normalized spacial score (nSPS) is 18.1. The molecule has 48 heavy (non-hydrogen) atoms. The fourth-order valence-corrected chi connectivity index (χ4v) is 6.01. The lowest BCUT2D eigenvalue weighted by molar-refractivity contribution is -0.124. The number of rotatable bonds is 10. The molecule has 1 aromatic carbocycles. The van der Waals surface area contributed by atoms with Gasteiger partial charge in [0.05, 0.1) is 30.1 Å². The summed E-state index contributed by atoms with van der Waals surface area (Å²) >= 11 is 0. The third-order valence-electron chi connectivity index (χ3n) is 8.29. The number of halogens is 4. The summed E-state index contributed by atoms with van der Waals surface area (Å²) in [6, 6.07) is 6.84. The molecule has 2 aliphatic heterocycles. The number of benzene rings is 1. The van der Waals surface area contributed by atoms with E-state index < -0.39 is 43.3 Å². The maximum atomic E-state index is 16.6.